The van der Waals surface area contributed by atoms with E-state index in [4.69, 9.17) is 4.52 Å². The van der Waals surface area contributed by atoms with Crippen molar-refractivity contribution in [2.24, 2.45) is 5.92 Å². The summed E-state index contributed by atoms with van der Waals surface area (Å²) in [6, 6.07) is 1.42. The molecule has 1 heterocycles. The molecule has 1 aliphatic rings. The summed E-state index contributed by atoms with van der Waals surface area (Å²) < 4.78 is 42.9. The molecule has 1 saturated carbocycles. The SMILES string of the molecule is Cc1cc(C(=O)NC[C@]2(O)CCC[C@@H](C(F)(F)F)C2)on1. The van der Waals surface area contributed by atoms with Crippen LogP contribution in [0, 0.1) is 12.8 Å². The molecule has 1 aromatic heterocycles. The smallest absolute Gasteiger partial charge is 0.388 e. The van der Waals surface area contributed by atoms with E-state index in [1.165, 1.54) is 6.07 Å². The van der Waals surface area contributed by atoms with Gasteiger partial charge in [0, 0.05) is 12.6 Å². The van der Waals surface area contributed by atoms with Crippen molar-refractivity contribution in [3.63, 3.8) is 0 Å². The van der Waals surface area contributed by atoms with Gasteiger partial charge < -0.3 is 14.9 Å². The Morgan fingerprint density at radius 2 is 2.33 bits per heavy atom. The average molecular weight is 306 g/mol. The van der Waals surface area contributed by atoms with Gasteiger partial charge in [0.2, 0.25) is 5.76 Å². The number of nitrogens with one attached hydrogen (secondary N) is 1. The van der Waals surface area contributed by atoms with Crippen molar-refractivity contribution in [3.8, 4) is 0 Å². The quantitative estimate of drug-likeness (QED) is 0.897. The molecule has 5 nitrogen and oxygen atoms in total. The van der Waals surface area contributed by atoms with Crippen LogP contribution in [-0.4, -0.2) is 34.5 Å². The Balaban J connectivity index is 1.93. The summed E-state index contributed by atoms with van der Waals surface area (Å²) in [7, 11) is 0. The van der Waals surface area contributed by atoms with E-state index in [0.717, 1.165) is 0 Å². The maximum Gasteiger partial charge on any atom is 0.391 e. The molecule has 8 heteroatoms. The van der Waals surface area contributed by atoms with Crippen molar-refractivity contribution in [1.82, 2.24) is 10.5 Å². The fraction of sp³-hybridized carbons (Fsp3) is 0.692. The zero-order valence-corrected chi connectivity index (χ0v) is 11.5. The molecule has 1 amide bonds. The first-order valence-corrected chi connectivity index (χ1v) is 6.70. The summed E-state index contributed by atoms with van der Waals surface area (Å²) in [5.74, 6) is -2.15. The minimum atomic E-state index is -4.32. The van der Waals surface area contributed by atoms with Gasteiger partial charge in [-0.15, -0.1) is 0 Å². The predicted molar refractivity (Wildman–Crippen MR) is 66.5 cm³/mol. The topological polar surface area (TPSA) is 75.4 Å². The van der Waals surface area contributed by atoms with E-state index in [9.17, 15) is 23.1 Å². The number of aliphatic hydroxyl groups is 1. The average Bonchev–Trinajstić information content (AvgIpc) is 2.82. The molecular weight excluding hydrogens is 289 g/mol. The predicted octanol–water partition coefficient (Wildman–Crippen LogP) is 2.20. The Hall–Kier alpha value is -1.57. The summed E-state index contributed by atoms with van der Waals surface area (Å²) in [5, 5.41) is 16.2. The Morgan fingerprint density at radius 3 is 2.90 bits per heavy atom. The van der Waals surface area contributed by atoms with Crippen LogP contribution in [0.15, 0.2) is 10.6 Å². The monoisotopic (exact) mass is 306 g/mol. The largest absolute Gasteiger partial charge is 0.391 e. The molecule has 0 unspecified atom stereocenters. The Bertz CT molecular complexity index is 515. The zero-order valence-electron chi connectivity index (χ0n) is 11.5. The van der Waals surface area contributed by atoms with Gasteiger partial charge in [-0.3, -0.25) is 4.79 Å². The summed E-state index contributed by atoms with van der Waals surface area (Å²) in [6.07, 6.45) is -4.19. The number of amides is 1. The molecule has 0 aromatic carbocycles. The molecule has 1 aliphatic carbocycles. The number of halogens is 3. The lowest BCUT2D eigenvalue weighted by Gasteiger charge is -2.37. The van der Waals surface area contributed by atoms with Gasteiger partial charge in [-0.1, -0.05) is 5.16 Å². The van der Waals surface area contributed by atoms with Gasteiger partial charge in [-0.25, -0.2) is 0 Å². The van der Waals surface area contributed by atoms with Crippen molar-refractivity contribution in [1.29, 1.82) is 0 Å². The summed E-state index contributed by atoms with van der Waals surface area (Å²) in [4.78, 5) is 11.7. The summed E-state index contributed by atoms with van der Waals surface area (Å²) in [5.41, 5.74) is -1.02. The number of hydrogen-bond acceptors (Lipinski definition) is 4. The molecule has 21 heavy (non-hydrogen) atoms. The number of carbonyl (C=O) groups excluding carboxylic acids is 1. The zero-order chi connectivity index (χ0) is 15.7. The number of alkyl halides is 3. The summed E-state index contributed by atoms with van der Waals surface area (Å²) >= 11 is 0. The highest BCUT2D eigenvalue weighted by atomic mass is 19.4. The first kappa shape index (κ1) is 15.8. The molecule has 2 rings (SSSR count). The third-order valence-electron chi connectivity index (χ3n) is 3.71. The first-order chi connectivity index (χ1) is 9.70. The van der Waals surface area contributed by atoms with Crippen molar-refractivity contribution in [2.75, 3.05) is 6.54 Å². The van der Waals surface area contributed by atoms with Crippen molar-refractivity contribution < 1.29 is 27.6 Å². The van der Waals surface area contributed by atoms with Crippen LogP contribution < -0.4 is 5.32 Å². The lowest BCUT2D eigenvalue weighted by atomic mass is 9.77. The van der Waals surface area contributed by atoms with Crippen LogP contribution in [0.4, 0.5) is 13.2 Å². The first-order valence-electron chi connectivity index (χ1n) is 6.70. The van der Waals surface area contributed by atoms with Gasteiger partial charge in [0.1, 0.15) is 0 Å². The highest BCUT2D eigenvalue weighted by Crippen LogP contribution is 2.41. The van der Waals surface area contributed by atoms with E-state index in [2.05, 4.69) is 10.5 Å². The lowest BCUT2D eigenvalue weighted by molar-refractivity contribution is -0.199. The molecule has 2 atom stereocenters. The minimum absolute atomic E-state index is 0.0149. The second kappa shape index (κ2) is 5.67. The van der Waals surface area contributed by atoms with E-state index in [1.54, 1.807) is 6.92 Å². The van der Waals surface area contributed by atoms with E-state index < -0.39 is 30.0 Å². The van der Waals surface area contributed by atoms with Crippen molar-refractivity contribution in [2.45, 2.75) is 44.4 Å². The highest BCUT2D eigenvalue weighted by Gasteiger charge is 2.47. The number of nitrogens with zero attached hydrogens (tertiary/aromatic N) is 1. The van der Waals surface area contributed by atoms with Crippen molar-refractivity contribution >= 4 is 5.91 Å². The molecule has 0 saturated heterocycles. The number of aryl methyl sites for hydroxylation is 1. The molecule has 0 bridgehead atoms. The fourth-order valence-electron chi connectivity index (χ4n) is 2.58. The second-order valence-corrected chi connectivity index (χ2v) is 5.57. The lowest BCUT2D eigenvalue weighted by Crippen LogP contribution is -2.48. The molecule has 2 N–H and O–H groups in total. The van der Waals surface area contributed by atoms with Crippen LogP contribution in [0.5, 0.6) is 0 Å². The Kier molecular flexibility index (Phi) is 4.27. The Labute approximate surface area is 119 Å². The number of carbonyl (C=O) groups is 1. The van der Waals surface area contributed by atoms with Gasteiger partial charge in [-0.2, -0.15) is 13.2 Å². The maximum atomic E-state index is 12.7. The minimum Gasteiger partial charge on any atom is -0.388 e. The van der Waals surface area contributed by atoms with E-state index >= 15 is 0 Å². The normalized spacial score (nSPS) is 26.6. The van der Waals surface area contributed by atoms with E-state index in [1.807, 2.05) is 0 Å². The van der Waals surface area contributed by atoms with Crippen LogP contribution in [0.3, 0.4) is 0 Å². The standard InChI is InChI=1S/C13H17F3N2O3/c1-8-5-10(21-18-8)11(19)17-7-12(20)4-2-3-9(6-12)13(14,15)16/h5,9,20H,2-4,6-7H2,1H3,(H,17,19)/t9-,12+/m1/s1. The third kappa shape index (κ3) is 3.96. The van der Waals surface area contributed by atoms with Gasteiger partial charge >= 0.3 is 6.18 Å². The van der Waals surface area contributed by atoms with E-state index in [-0.39, 0.29) is 31.6 Å². The van der Waals surface area contributed by atoms with Gasteiger partial charge in [0.15, 0.2) is 0 Å². The summed E-state index contributed by atoms with van der Waals surface area (Å²) in [6.45, 7) is 1.40. The van der Waals surface area contributed by atoms with Crippen LogP contribution in [0.25, 0.3) is 0 Å². The van der Waals surface area contributed by atoms with Crippen LogP contribution in [-0.2, 0) is 0 Å². The van der Waals surface area contributed by atoms with Crippen LogP contribution >= 0.6 is 0 Å². The van der Waals surface area contributed by atoms with Gasteiger partial charge in [0.05, 0.1) is 17.2 Å². The highest BCUT2D eigenvalue weighted by molar-refractivity contribution is 5.91. The molecule has 1 aromatic rings. The molecule has 0 spiro atoms. The Morgan fingerprint density at radius 1 is 1.62 bits per heavy atom. The van der Waals surface area contributed by atoms with Crippen LogP contribution in [0.2, 0.25) is 0 Å². The van der Waals surface area contributed by atoms with Gasteiger partial charge in [-0.05, 0) is 32.6 Å². The second-order valence-electron chi connectivity index (χ2n) is 5.57. The molecule has 0 aliphatic heterocycles. The maximum absolute atomic E-state index is 12.7. The molecule has 118 valence electrons. The number of hydrogen-bond donors (Lipinski definition) is 2. The van der Waals surface area contributed by atoms with Crippen LogP contribution in [0.1, 0.15) is 41.9 Å². The number of aromatic nitrogens is 1. The molecule has 0 radical (unpaired) electrons. The van der Waals surface area contributed by atoms with E-state index in [0.29, 0.717) is 5.69 Å². The molecule has 1 fully saturated rings. The molecular formula is C13H17F3N2O3. The van der Waals surface area contributed by atoms with Gasteiger partial charge in [0.25, 0.3) is 5.91 Å². The fourth-order valence-corrected chi connectivity index (χ4v) is 2.58. The number of rotatable bonds is 3. The third-order valence-corrected chi connectivity index (χ3v) is 3.71. The van der Waals surface area contributed by atoms with Crippen molar-refractivity contribution in [3.05, 3.63) is 17.5 Å².